The minimum Gasteiger partial charge on any atom is -0.388 e. The van der Waals surface area contributed by atoms with Gasteiger partial charge in [-0.1, -0.05) is 0 Å². The first-order valence-electron chi connectivity index (χ1n) is 4.62. The first kappa shape index (κ1) is 11.7. The van der Waals surface area contributed by atoms with E-state index in [4.69, 9.17) is 0 Å². The highest BCUT2D eigenvalue weighted by Crippen LogP contribution is 2.13. The van der Waals surface area contributed by atoms with Crippen molar-refractivity contribution in [1.82, 2.24) is 15.3 Å². The lowest BCUT2D eigenvalue weighted by Gasteiger charge is -2.16. The van der Waals surface area contributed by atoms with Crippen molar-refractivity contribution in [3.05, 3.63) is 17.7 Å². The standard InChI is InChI=1S/C9H15N3O3/c1-5-10-3-7(12-5)9(15)8(14)4-11-6(2)13/h3,8-9,14-15H,4H2,1-2H3,(H,10,12)(H,11,13). The molecular weight excluding hydrogens is 198 g/mol. The number of hydrogen-bond donors (Lipinski definition) is 4. The Morgan fingerprint density at radius 3 is 2.80 bits per heavy atom. The number of aliphatic hydroxyl groups is 2. The van der Waals surface area contributed by atoms with Crippen molar-refractivity contribution in [3.8, 4) is 0 Å². The number of amides is 1. The number of aromatic amines is 1. The van der Waals surface area contributed by atoms with E-state index in [9.17, 15) is 15.0 Å². The number of aromatic nitrogens is 2. The SMILES string of the molecule is CC(=O)NCC(O)C(O)c1cnc(C)[nH]1. The zero-order chi connectivity index (χ0) is 11.4. The van der Waals surface area contributed by atoms with Crippen LogP contribution >= 0.6 is 0 Å². The second kappa shape index (κ2) is 4.90. The summed E-state index contributed by atoms with van der Waals surface area (Å²) in [5, 5.41) is 21.6. The van der Waals surface area contributed by atoms with Gasteiger partial charge in [0.25, 0.3) is 0 Å². The van der Waals surface area contributed by atoms with E-state index in [1.807, 2.05) is 0 Å². The summed E-state index contributed by atoms with van der Waals surface area (Å²) in [6.07, 6.45) is -0.663. The highest BCUT2D eigenvalue weighted by molar-refractivity contribution is 5.72. The number of nitrogens with zero attached hydrogens (tertiary/aromatic N) is 1. The van der Waals surface area contributed by atoms with Crippen molar-refractivity contribution in [3.63, 3.8) is 0 Å². The van der Waals surface area contributed by atoms with Crippen LogP contribution in [0.3, 0.4) is 0 Å². The molecule has 1 aromatic rings. The van der Waals surface area contributed by atoms with Gasteiger partial charge in [-0.25, -0.2) is 4.98 Å². The molecule has 6 heteroatoms. The number of hydrogen-bond acceptors (Lipinski definition) is 4. The van der Waals surface area contributed by atoms with Crippen LogP contribution in [0.5, 0.6) is 0 Å². The monoisotopic (exact) mass is 213 g/mol. The van der Waals surface area contributed by atoms with E-state index in [2.05, 4.69) is 15.3 Å². The molecular formula is C9H15N3O3. The van der Waals surface area contributed by atoms with Crippen LogP contribution in [0.15, 0.2) is 6.20 Å². The van der Waals surface area contributed by atoms with Gasteiger partial charge >= 0.3 is 0 Å². The Balaban J connectivity index is 2.52. The molecule has 84 valence electrons. The Kier molecular flexibility index (Phi) is 3.81. The predicted octanol–water partition coefficient (Wildman–Crippen LogP) is -0.751. The van der Waals surface area contributed by atoms with Gasteiger partial charge in [0.05, 0.1) is 11.9 Å². The fourth-order valence-electron chi connectivity index (χ4n) is 1.16. The molecule has 1 rings (SSSR count). The number of carbonyl (C=O) groups is 1. The molecule has 1 heterocycles. The van der Waals surface area contributed by atoms with E-state index in [0.29, 0.717) is 11.5 Å². The van der Waals surface area contributed by atoms with Crippen molar-refractivity contribution in [2.75, 3.05) is 6.54 Å². The molecule has 1 amide bonds. The Hall–Kier alpha value is -1.40. The summed E-state index contributed by atoms with van der Waals surface area (Å²) < 4.78 is 0. The number of carbonyl (C=O) groups excluding carboxylic acids is 1. The number of H-pyrrole nitrogens is 1. The molecule has 0 aromatic carbocycles. The smallest absolute Gasteiger partial charge is 0.216 e. The molecule has 0 radical (unpaired) electrons. The maximum absolute atomic E-state index is 10.6. The first-order chi connectivity index (χ1) is 7.00. The highest BCUT2D eigenvalue weighted by Gasteiger charge is 2.19. The summed E-state index contributed by atoms with van der Waals surface area (Å²) in [5.74, 6) is 0.415. The highest BCUT2D eigenvalue weighted by atomic mass is 16.3. The molecule has 0 aliphatic heterocycles. The van der Waals surface area contributed by atoms with Crippen LogP contribution in [0.25, 0.3) is 0 Å². The molecule has 0 saturated carbocycles. The van der Waals surface area contributed by atoms with Crippen LogP contribution in [0.4, 0.5) is 0 Å². The van der Waals surface area contributed by atoms with Crippen molar-refractivity contribution < 1.29 is 15.0 Å². The minimum absolute atomic E-state index is 0.00850. The van der Waals surface area contributed by atoms with Gasteiger partial charge in [-0.15, -0.1) is 0 Å². The molecule has 2 unspecified atom stereocenters. The van der Waals surface area contributed by atoms with E-state index < -0.39 is 12.2 Å². The van der Waals surface area contributed by atoms with Gasteiger partial charge in [-0.05, 0) is 6.92 Å². The molecule has 0 spiro atoms. The predicted molar refractivity (Wildman–Crippen MR) is 53.0 cm³/mol. The van der Waals surface area contributed by atoms with Crippen LogP contribution in [0, 0.1) is 6.92 Å². The summed E-state index contributed by atoms with van der Waals surface area (Å²) in [4.78, 5) is 17.3. The number of aliphatic hydroxyl groups excluding tert-OH is 2. The molecule has 0 bridgehead atoms. The maximum Gasteiger partial charge on any atom is 0.216 e. The lowest BCUT2D eigenvalue weighted by atomic mass is 10.1. The topological polar surface area (TPSA) is 98.2 Å². The second-order valence-corrected chi connectivity index (χ2v) is 3.37. The average molecular weight is 213 g/mol. The van der Waals surface area contributed by atoms with Gasteiger partial charge in [0, 0.05) is 13.5 Å². The summed E-state index contributed by atoms with van der Waals surface area (Å²) >= 11 is 0. The zero-order valence-corrected chi connectivity index (χ0v) is 8.69. The first-order valence-corrected chi connectivity index (χ1v) is 4.62. The molecule has 0 aliphatic rings. The summed E-state index contributed by atoms with van der Waals surface area (Å²) in [5.41, 5.74) is 0.436. The van der Waals surface area contributed by atoms with Gasteiger partial charge < -0.3 is 20.5 Å². The quantitative estimate of drug-likeness (QED) is 0.529. The molecule has 0 saturated heterocycles. The summed E-state index contributed by atoms with van der Waals surface area (Å²) in [6, 6.07) is 0. The minimum atomic E-state index is -1.07. The lowest BCUT2D eigenvalue weighted by molar-refractivity contribution is -0.119. The molecule has 0 aliphatic carbocycles. The Labute approximate surface area is 87.3 Å². The Morgan fingerprint density at radius 2 is 2.33 bits per heavy atom. The third-order valence-electron chi connectivity index (χ3n) is 1.97. The van der Waals surface area contributed by atoms with Crippen molar-refractivity contribution in [2.24, 2.45) is 0 Å². The average Bonchev–Trinajstić information content (AvgIpc) is 2.60. The van der Waals surface area contributed by atoms with Crippen molar-refractivity contribution in [2.45, 2.75) is 26.1 Å². The maximum atomic E-state index is 10.6. The lowest BCUT2D eigenvalue weighted by Crippen LogP contribution is -2.34. The summed E-state index contributed by atoms with van der Waals surface area (Å²) in [7, 11) is 0. The zero-order valence-electron chi connectivity index (χ0n) is 8.69. The van der Waals surface area contributed by atoms with Gasteiger partial charge in [-0.3, -0.25) is 4.79 Å². The van der Waals surface area contributed by atoms with E-state index in [1.165, 1.54) is 13.1 Å². The van der Waals surface area contributed by atoms with Crippen molar-refractivity contribution >= 4 is 5.91 Å². The third-order valence-corrected chi connectivity index (χ3v) is 1.97. The fourth-order valence-corrected chi connectivity index (χ4v) is 1.16. The molecule has 15 heavy (non-hydrogen) atoms. The van der Waals surface area contributed by atoms with E-state index >= 15 is 0 Å². The van der Waals surface area contributed by atoms with Gasteiger partial charge in [0.15, 0.2) is 0 Å². The van der Waals surface area contributed by atoms with Gasteiger partial charge in [-0.2, -0.15) is 0 Å². The van der Waals surface area contributed by atoms with Crippen LogP contribution in [-0.2, 0) is 4.79 Å². The second-order valence-electron chi connectivity index (χ2n) is 3.37. The molecule has 2 atom stereocenters. The molecule has 0 fully saturated rings. The van der Waals surface area contributed by atoms with E-state index in [1.54, 1.807) is 6.92 Å². The number of rotatable bonds is 4. The van der Waals surface area contributed by atoms with Gasteiger partial charge in [0.2, 0.25) is 5.91 Å². The fraction of sp³-hybridized carbons (Fsp3) is 0.556. The largest absolute Gasteiger partial charge is 0.388 e. The van der Waals surface area contributed by atoms with Crippen LogP contribution in [0.2, 0.25) is 0 Å². The number of imidazole rings is 1. The number of nitrogens with one attached hydrogen (secondary N) is 2. The Morgan fingerprint density at radius 1 is 1.67 bits per heavy atom. The number of aryl methyl sites for hydroxylation is 1. The van der Waals surface area contributed by atoms with Crippen LogP contribution in [-0.4, -0.2) is 38.7 Å². The van der Waals surface area contributed by atoms with Gasteiger partial charge in [0.1, 0.15) is 18.0 Å². The molecule has 4 N–H and O–H groups in total. The van der Waals surface area contributed by atoms with Crippen molar-refractivity contribution in [1.29, 1.82) is 0 Å². The van der Waals surface area contributed by atoms with Crippen LogP contribution < -0.4 is 5.32 Å². The third kappa shape index (κ3) is 3.34. The van der Waals surface area contributed by atoms with E-state index in [-0.39, 0.29) is 12.5 Å². The normalized spacial score (nSPS) is 14.7. The molecule has 1 aromatic heterocycles. The van der Waals surface area contributed by atoms with Crippen LogP contribution in [0.1, 0.15) is 24.5 Å². The molecule has 6 nitrogen and oxygen atoms in total. The van der Waals surface area contributed by atoms with E-state index in [0.717, 1.165) is 0 Å². The Bertz CT molecular complexity index is 337. The summed E-state index contributed by atoms with van der Waals surface area (Å²) in [6.45, 7) is 3.10.